The van der Waals surface area contributed by atoms with Crippen molar-refractivity contribution in [2.45, 2.75) is 51.6 Å². The highest BCUT2D eigenvalue weighted by Crippen LogP contribution is 2.20. The Morgan fingerprint density at radius 1 is 1.17 bits per heavy atom. The van der Waals surface area contributed by atoms with E-state index in [1.807, 2.05) is 6.92 Å². The predicted octanol–water partition coefficient (Wildman–Crippen LogP) is 2.56. The number of benzene rings is 1. The Kier molecular flexibility index (Phi) is 5.21. The molecule has 0 aromatic heterocycles. The molecule has 4 nitrogen and oxygen atoms in total. The highest BCUT2D eigenvalue weighted by molar-refractivity contribution is 5.81. The normalized spacial score (nSPS) is 21.4. The molecule has 0 spiro atoms. The van der Waals surface area contributed by atoms with Crippen LogP contribution in [-0.2, 0) is 4.79 Å². The molecule has 1 unspecified atom stereocenters. The van der Waals surface area contributed by atoms with Gasteiger partial charge in [0.05, 0.1) is 6.04 Å². The molecule has 1 heterocycles. The van der Waals surface area contributed by atoms with Crippen LogP contribution in [0.1, 0.15) is 38.2 Å². The first-order chi connectivity index (χ1) is 11.1. The van der Waals surface area contributed by atoms with Crippen molar-refractivity contribution in [3.8, 4) is 0 Å². The van der Waals surface area contributed by atoms with Crippen LogP contribution in [0.25, 0.3) is 0 Å². The van der Waals surface area contributed by atoms with Gasteiger partial charge in [-0.3, -0.25) is 9.69 Å². The molecule has 126 valence electrons. The molecule has 1 saturated carbocycles. The summed E-state index contributed by atoms with van der Waals surface area (Å²) in [5.41, 5.74) is 2.60. The summed E-state index contributed by atoms with van der Waals surface area (Å²) in [5.74, 6) is 0.209. The van der Waals surface area contributed by atoms with Crippen molar-refractivity contribution in [1.82, 2.24) is 10.2 Å². The maximum Gasteiger partial charge on any atom is 0.237 e. The minimum absolute atomic E-state index is 0.0183. The Labute approximate surface area is 139 Å². The van der Waals surface area contributed by atoms with Crippen LogP contribution >= 0.6 is 0 Å². The molecule has 2 aliphatic rings. The second kappa shape index (κ2) is 7.35. The summed E-state index contributed by atoms with van der Waals surface area (Å²) in [4.78, 5) is 17.2. The van der Waals surface area contributed by atoms with Crippen LogP contribution in [0.3, 0.4) is 0 Å². The molecular weight excluding hydrogens is 286 g/mol. The molecule has 0 radical (unpaired) electrons. The van der Waals surface area contributed by atoms with Crippen molar-refractivity contribution in [2.75, 3.05) is 31.1 Å². The molecule has 1 amide bonds. The quantitative estimate of drug-likeness (QED) is 0.927. The van der Waals surface area contributed by atoms with E-state index in [-0.39, 0.29) is 11.9 Å². The van der Waals surface area contributed by atoms with Gasteiger partial charge >= 0.3 is 0 Å². The Morgan fingerprint density at radius 2 is 1.87 bits per heavy atom. The lowest BCUT2D eigenvalue weighted by Crippen LogP contribution is -2.54. The average molecular weight is 315 g/mol. The van der Waals surface area contributed by atoms with E-state index in [0.717, 1.165) is 39.0 Å². The van der Waals surface area contributed by atoms with Crippen molar-refractivity contribution in [3.63, 3.8) is 0 Å². The molecule has 2 fully saturated rings. The van der Waals surface area contributed by atoms with Crippen LogP contribution in [0.4, 0.5) is 5.69 Å². The van der Waals surface area contributed by atoms with E-state index >= 15 is 0 Å². The minimum atomic E-state index is -0.0183. The predicted molar refractivity (Wildman–Crippen MR) is 94.8 cm³/mol. The summed E-state index contributed by atoms with van der Waals surface area (Å²) < 4.78 is 0. The number of hydrogen-bond donors (Lipinski definition) is 1. The van der Waals surface area contributed by atoms with E-state index in [9.17, 15) is 4.79 Å². The number of carbonyl (C=O) groups is 1. The van der Waals surface area contributed by atoms with Gasteiger partial charge in [0.2, 0.25) is 5.91 Å². The first kappa shape index (κ1) is 16.3. The van der Waals surface area contributed by atoms with Gasteiger partial charge in [-0.2, -0.15) is 0 Å². The van der Waals surface area contributed by atoms with Gasteiger partial charge in [0.25, 0.3) is 0 Å². The third kappa shape index (κ3) is 4.05. The van der Waals surface area contributed by atoms with Crippen LogP contribution in [0.5, 0.6) is 0 Å². The van der Waals surface area contributed by atoms with Gasteiger partial charge in [-0.25, -0.2) is 0 Å². The average Bonchev–Trinajstić information content (AvgIpc) is 3.07. The van der Waals surface area contributed by atoms with E-state index < -0.39 is 0 Å². The Balaban J connectivity index is 1.50. The standard InChI is InChI=1S/C19H29N3O/c1-15-6-5-9-18(14-15)22-12-10-21(11-13-22)16(2)19(23)20-17-7-3-4-8-17/h5-6,9,14,16-17H,3-4,7-8,10-13H2,1-2H3,(H,20,23). The third-order valence-corrected chi connectivity index (χ3v) is 5.31. The van der Waals surface area contributed by atoms with E-state index in [4.69, 9.17) is 0 Å². The van der Waals surface area contributed by atoms with Gasteiger partial charge in [-0.05, 0) is 44.4 Å². The van der Waals surface area contributed by atoms with E-state index in [1.54, 1.807) is 0 Å². The molecule has 1 aliphatic heterocycles. The first-order valence-corrected chi connectivity index (χ1v) is 8.99. The topological polar surface area (TPSA) is 35.6 Å². The number of nitrogens with one attached hydrogen (secondary N) is 1. The monoisotopic (exact) mass is 315 g/mol. The Bertz CT molecular complexity index is 531. The minimum Gasteiger partial charge on any atom is -0.369 e. The Morgan fingerprint density at radius 3 is 2.52 bits per heavy atom. The molecule has 1 N–H and O–H groups in total. The second-order valence-corrected chi connectivity index (χ2v) is 7.03. The fourth-order valence-corrected chi connectivity index (χ4v) is 3.75. The molecule has 1 aromatic carbocycles. The van der Waals surface area contributed by atoms with Crippen molar-refractivity contribution < 1.29 is 4.79 Å². The SMILES string of the molecule is Cc1cccc(N2CCN(C(C)C(=O)NC3CCCC3)CC2)c1. The van der Waals surface area contributed by atoms with Crippen molar-refractivity contribution in [2.24, 2.45) is 0 Å². The fraction of sp³-hybridized carbons (Fsp3) is 0.632. The third-order valence-electron chi connectivity index (χ3n) is 5.31. The fourth-order valence-electron chi connectivity index (χ4n) is 3.75. The Hall–Kier alpha value is -1.55. The number of anilines is 1. The number of carbonyl (C=O) groups excluding carboxylic acids is 1. The van der Waals surface area contributed by atoms with Gasteiger partial charge in [-0.1, -0.05) is 25.0 Å². The number of rotatable bonds is 4. The molecule has 1 saturated heterocycles. The summed E-state index contributed by atoms with van der Waals surface area (Å²) in [7, 11) is 0. The van der Waals surface area contributed by atoms with Gasteiger partial charge in [0, 0.05) is 37.9 Å². The lowest BCUT2D eigenvalue weighted by molar-refractivity contribution is -0.126. The largest absolute Gasteiger partial charge is 0.369 e. The smallest absolute Gasteiger partial charge is 0.237 e. The zero-order valence-corrected chi connectivity index (χ0v) is 14.4. The number of amides is 1. The lowest BCUT2D eigenvalue weighted by Gasteiger charge is -2.38. The molecule has 1 aliphatic carbocycles. The van der Waals surface area contributed by atoms with E-state index in [1.165, 1.54) is 24.1 Å². The molecule has 23 heavy (non-hydrogen) atoms. The first-order valence-electron chi connectivity index (χ1n) is 8.99. The van der Waals surface area contributed by atoms with Gasteiger partial charge < -0.3 is 10.2 Å². The van der Waals surface area contributed by atoms with Crippen LogP contribution in [-0.4, -0.2) is 49.1 Å². The zero-order chi connectivity index (χ0) is 16.2. The number of piperazine rings is 1. The molecule has 0 bridgehead atoms. The number of hydrogen-bond acceptors (Lipinski definition) is 3. The van der Waals surface area contributed by atoms with Gasteiger partial charge in [-0.15, -0.1) is 0 Å². The summed E-state index contributed by atoms with van der Waals surface area (Å²) in [6, 6.07) is 9.07. The molecule has 4 heteroatoms. The maximum absolute atomic E-state index is 12.4. The highest BCUT2D eigenvalue weighted by Gasteiger charge is 2.27. The second-order valence-electron chi connectivity index (χ2n) is 7.03. The maximum atomic E-state index is 12.4. The van der Waals surface area contributed by atoms with E-state index in [2.05, 4.69) is 46.3 Å². The number of nitrogens with zero attached hydrogens (tertiary/aromatic N) is 2. The van der Waals surface area contributed by atoms with Crippen LogP contribution < -0.4 is 10.2 Å². The van der Waals surface area contributed by atoms with Crippen molar-refractivity contribution in [3.05, 3.63) is 29.8 Å². The summed E-state index contributed by atoms with van der Waals surface area (Å²) in [6.45, 7) is 8.07. The summed E-state index contributed by atoms with van der Waals surface area (Å²) in [6.07, 6.45) is 4.82. The molecule has 1 aromatic rings. The van der Waals surface area contributed by atoms with Crippen LogP contribution in [0.15, 0.2) is 24.3 Å². The van der Waals surface area contributed by atoms with Crippen LogP contribution in [0, 0.1) is 6.92 Å². The van der Waals surface area contributed by atoms with Gasteiger partial charge in [0.15, 0.2) is 0 Å². The van der Waals surface area contributed by atoms with Crippen molar-refractivity contribution in [1.29, 1.82) is 0 Å². The highest BCUT2D eigenvalue weighted by atomic mass is 16.2. The lowest BCUT2D eigenvalue weighted by atomic mass is 10.1. The summed E-state index contributed by atoms with van der Waals surface area (Å²) in [5, 5.41) is 3.23. The van der Waals surface area contributed by atoms with Crippen LogP contribution in [0.2, 0.25) is 0 Å². The van der Waals surface area contributed by atoms with Crippen molar-refractivity contribution >= 4 is 11.6 Å². The molecule has 3 rings (SSSR count). The number of aryl methyl sites for hydroxylation is 1. The van der Waals surface area contributed by atoms with E-state index in [0.29, 0.717) is 6.04 Å². The molecule has 1 atom stereocenters. The molecular formula is C19H29N3O. The zero-order valence-electron chi connectivity index (χ0n) is 14.4. The summed E-state index contributed by atoms with van der Waals surface area (Å²) >= 11 is 0. The van der Waals surface area contributed by atoms with Gasteiger partial charge in [0.1, 0.15) is 0 Å².